The van der Waals surface area contributed by atoms with Gasteiger partial charge in [-0.15, -0.1) is 0 Å². The second kappa shape index (κ2) is 10.7. The van der Waals surface area contributed by atoms with E-state index in [4.69, 9.17) is 11.5 Å². The van der Waals surface area contributed by atoms with E-state index in [1.807, 2.05) is 0 Å². The van der Waals surface area contributed by atoms with Crippen LogP contribution in [0.15, 0.2) is 5.16 Å². The number of carbonyl (C=O) groups is 1. The van der Waals surface area contributed by atoms with Crippen molar-refractivity contribution in [2.24, 2.45) is 40.3 Å². The van der Waals surface area contributed by atoms with Gasteiger partial charge in [0.15, 0.2) is 5.84 Å². The average Bonchev–Trinajstić information content (AvgIpc) is 3.23. The Labute approximate surface area is 204 Å². The molecule has 192 valence electrons. The van der Waals surface area contributed by atoms with Crippen molar-refractivity contribution in [3.05, 3.63) is 0 Å². The maximum atomic E-state index is 13.6. The number of nitrogens with two attached hydrogens (primary N) is 2. The molecule has 7 unspecified atom stereocenters. The number of amidine groups is 1. The van der Waals surface area contributed by atoms with Crippen molar-refractivity contribution in [1.82, 2.24) is 15.5 Å². The van der Waals surface area contributed by atoms with E-state index in [-0.39, 0.29) is 42.1 Å². The molecule has 1 amide bonds. The van der Waals surface area contributed by atoms with Crippen LogP contribution in [0.2, 0.25) is 0 Å². The molecule has 5 rings (SSSR count). The zero-order chi connectivity index (χ0) is 23.7. The second-order valence-electron chi connectivity index (χ2n) is 12.0. The third kappa shape index (κ3) is 5.09. The number of carbonyl (C=O) groups excluding carboxylic acids is 1. The number of hydrogen-bond donors (Lipinski definition) is 5. The van der Waals surface area contributed by atoms with Gasteiger partial charge < -0.3 is 22.0 Å². The van der Waals surface area contributed by atoms with Gasteiger partial charge in [-0.2, -0.15) is 0 Å². The van der Waals surface area contributed by atoms with Crippen LogP contribution in [-0.4, -0.2) is 58.7 Å². The maximum Gasteiger partial charge on any atom is 0.237 e. The van der Waals surface area contributed by atoms with E-state index in [9.17, 15) is 10.0 Å². The van der Waals surface area contributed by atoms with Crippen LogP contribution in [0.3, 0.4) is 0 Å². The van der Waals surface area contributed by atoms with E-state index in [1.165, 1.54) is 44.9 Å². The molecule has 3 aliphatic carbocycles. The molecule has 8 nitrogen and oxygen atoms in total. The normalized spacial score (nSPS) is 43.7. The molecule has 0 bridgehead atoms. The van der Waals surface area contributed by atoms with Crippen LogP contribution in [0.5, 0.6) is 0 Å². The summed E-state index contributed by atoms with van der Waals surface area (Å²) < 4.78 is 0. The number of likely N-dealkylation sites (tertiary alicyclic amines) is 1. The number of amides is 1. The highest BCUT2D eigenvalue weighted by Gasteiger charge is 2.49. The fourth-order valence-corrected chi connectivity index (χ4v) is 8.12. The van der Waals surface area contributed by atoms with E-state index >= 15 is 0 Å². The van der Waals surface area contributed by atoms with Crippen LogP contribution in [0.25, 0.3) is 0 Å². The number of fused-ring (bicyclic) bond motifs is 2. The summed E-state index contributed by atoms with van der Waals surface area (Å²) in [5.74, 6) is 3.26. The molecule has 8 heteroatoms. The lowest BCUT2D eigenvalue weighted by atomic mass is 9.65. The Bertz CT molecular complexity index is 737. The lowest BCUT2D eigenvalue weighted by Gasteiger charge is -2.45. The van der Waals surface area contributed by atoms with Gasteiger partial charge in [0.2, 0.25) is 5.91 Å². The first-order valence-corrected chi connectivity index (χ1v) is 14.1. The number of hydrogen-bond acceptors (Lipinski definition) is 6. The van der Waals surface area contributed by atoms with Gasteiger partial charge >= 0.3 is 0 Å². The monoisotopic (exact) mass is 474 g/mol. The Balaban J connectivity index is 1.32. The first-order chi connectivity index (χ1) is 16.5. The van der Waals surface area contributed by atoms with Crippen molar-refractivity contribution >= 4 is 11.7 Å². The minimum absolute atomic E-state index is 0.0897. The smallest absolute Gasteiger partial charge is 0.237 e. The minimum Gasteiger partial charge on any atom is -0.409 e. The summed E-state index contributed by atoms with van der Waals surface area (Å²) >= 11 is 0. The van der Waals surface area contributed by atoms with Gasteiger partial charge in [-0.05, 0) is 81.5 Å². The lowest BCUT2D eigenvalue weighted by molar-refractivity contribution is -0.127. The van der Waals surface area contributed by atoms with E-state index in [1.54, 1.807) is 0 Å². The Morgan fingerprint density at radius 3 is 2.53 bits per heavy atom. The van der Waals surface area contributed by atoms with Gasteiger partial charge in [0.25, 0.3) is 0 Å². The number of piperidine rings is 1. The summed E-state index contributed by atoms with van der Waals surface area (Å²) in [6.45, 7) is 0.992. The molecule has 0 aromatic carbocycles. The zero-order valence-electron chi connectivity index (χ0n) is 20.7. The Morgan fingerprint density at radius 1 is 0.971 bits per heavy atom. The molecule has 7 N–H and O–H groups in total. The van der Waals surface area contributed by atoms with Crippen molar-refractivity contribution < 1.29 is 10.0 Å². The fourth-order valence-electron chi connectivity index (χ4n) is 8.12. The molecule has 0 aromatic heterocycles. The average molecular weight is 475 g/mol. The molecule has 2 saturated heterocycles. The maximum absolute atomic E-state index is 13.6. The van der Waals surface area contributed by atoms with Gasteiger partial charge in [0.05, 0.1) is 18.2 Å². The molecule has 5 fully saturated rings. The van der Waals surface area contributed by atoms with Crippen molar-refractivity contribution in [2.75, 3.05) is 6.54 Å². The van der Waals surface area contributed by atoms with Crippen LogP contribution in [0.4, 0.5) is 0 Å². The first kappa shape index (κ1) is 24.3. The summed E-state index contributed by atoms with van der Waals surface area (Å²) in [7, 11) is 0. The van der Waals surface area contributed by atoms with Crippen LogP contribution >= 0.6 is 0 Å². The van der Waals surface area contributed by atoms with Crippen LogP contribution in [0, 0.1) is 23.7 Å². The van der Waals surface area contributed by atoms with E-state index < -0.39 is 0 Å². The van der Waals surface area contributed by atoms with Gasteiger partial charge in [-0.1, -0.05) is 37.3 Å². The number of oxime groups is 1. The van der Waals surface area contributed by atoms with Crippen molar-refractivity contribution in [3.63, 3.8) is 0 Å². The molecule has 2 aliphatic heterocycles. The molecule has 3 saturated carbocycles. The fraction of sp³-hybridized carbons (Fsp3) is 0.923. The van der Waals surface area contributed by atoms with Gasteiger partial charge in [0, 0.05) is 18.6 Å². The van der Waals surface area contributed by atoms with Crippen molar-refractivity contribution in [1.29, 1.82) is 0 Å². The summed E-state index contributed by atoms with van der Waals surface area (Å²) in [5, 5.41) is 19.6. The van der Waals surface area contributed by atoms with Gasteiger partial charge in [-0.25, -0.2) is 0 Å². The molecule has 5 aliphatic rings. The summed E-state index contributed by atoms with van der Waals surface area (Å²) in [6, 6.07) is 0.331. The van der Waals surface area contributed by atoms with E-state index in [2.05, 4.69) is 20.7 Å². The quantitative estimate of drug-likeness (QED) is 0.180. The number of rotatable bonds is 5. The van der Waals surface area contributed by atoms with Gasteiger partial charge in [0.1, 0.15) is 0 Å². The second-order valence-corrected chi connectivity index (χ2v) is 12.0. The third-order valence-corrected chi connectivity index (χ3v) is 9.99. The predicted octanol–water partition coefficient (Wildman–Crippen LogP) is 2.49. The molecule has 0 radical (unpaired) electrons. The highest BCUT2D eigenvalue weighted by Crippen LogP contribution is 2.46. The molecule has 2 heterocycles. The number of nitrogens with one attached hydrogen (secondary N) is 2. The Morgan fingerprint density at radius 2 is 1.74 bits per heavy atom. The SMILES string of the molecule is N/C(=N\O)C1CCC2CC(C(=O)NC3CCC(N)CC3)N(CC3CCCC4CCCCC43)C2N1. The van der Waals surface area contributed by atoms with Crippen molar-refractivity contribution in [2.45, 2.75) is 120 Å². The van der Waals surface area contributed by atoms with E-state index in [0.29, 0.717) is 11.8 Å². The molecule has 7 atom stereocenters. The minimum atomic E-state index is -0.121. The highest BCUT2D eigenvalue weighted by atomic mass is 16.4. The Kier molecular flexibility index (Phi) is 7.66. The third-order valence-electron chi connectivity index (χ3n) is 9.99. The molecule has 34 heavy (non-hydrogen) atoms. The van der Waals surface area contributed by atoms with E-state index in [0.717, 1.165) is 63.3 Å². The molecular weight excluding hydrogens is 428 g/mol. The Hall–Kier alpha value is -1.38. The lowest BCUT2D eigenvalue weighted by Crippen LogP contribution is -2.60. The summed E-state index contributed by atoms with van der Waals surface area (Å²) in [5.41, 5.74) is 12.1. The highest BCUT2D eigenvalue weighted by molar-refractivity contribution is 5.85. The van der Waals surface area contributed by atoms with Crippen molar-refractivity contribution in [3.8, 4) is 0 Å². The van der Waals surface area contributed by atoms with Crippen LogP contribution in [0.1, 0.15) is 89.9 Å². The standard InChI is InChI=1S/C26H46N6O2/c27-19-9-11-20(12-10-19)29-26(33)23-14-17-8-13-22(24(28)31-34)30-25(17)32(23)15-18-6-3-5-16-4-1-2-7-21(16)18/h16-23,25,30,34H,1-15,27H2,(H2,28,31)(H,29,33). The predicted molar refractivity (Wildman–Crippen MR) is 133 cm³/mol. The van der Waals surface area contributed by atoms with Crippen LogP contribution < -0.4 is 22.1 Å². The first-order valence-electron chi connectivity index (χ1n) is 14.1. The largest absolute Gasteiger partial charge is 0.409 e. The molecule has 0 aromatic rings. The summed E-state index contributed by atoms with van der Waals surface area (Å²) in [6.07, 6.45) is 16.4. The van der Waals surface area contributed by atoms with Gasteiger partial charge in [-0.3, -0.25) is 15.0 Å². The van der Waals surface area contributed by atoms with Crippen LogP contribution in [-0.2, 0) is 4.79 Å². The number of nitrogens with zero attached hydrogens (tertiary/aromatic N) is 2. The zero-order valence-corrected chi connectivity index (χ0v) is 20.7. The summed E-state index contributed by atoms with van der Waals surface area (Å²) in [4.78, 5) is 16.1. The topological polar surface area (TPSA) is 129 Å². The molecule has 0 spiro atoms. The molecular formula is C26H46N6O2.